The van der Waals surface area contributed by atoms with Gasteiger partial charge < -0.3 is 5.32 Å². The highest BCUT2D eigenvalue weighted by Gasteiger charge is 2.30. The molecular weight excluding hydrogens is 172 g/mol. The van der Waals surface area contributed by atoms with Gasteiger partial charge in [0.25, 0.3) is 0 Å². The minimum Gasteiger partial charge on any atom is -0.316 e. The fraction of sp³-hybridized carbons (Fsp3) is 0.583. The first-order chi connectivity index (χ1) is 6.79. The molecule has 0 aliphatic carbocycles. The number of nitrogens with one attached hydrogen (secondary N) is 1. The normalized spacial score (nSPS) is 27.1. The second-order valence-corrected chi connectivity index (χ2v) is 4.45. The molecule has 0 aromatic carbocycles. The fourth-order valence-corrected chi connectivity index (χ4v) is 2.38. The fourth-order valence-electron chi connectivity index (χ4n) is 2.38. The third-order valence-corrected chi connectivity index (χ3v) is 3.25. The Bertz CT molecular complexity index is 282. The molecule has 0 radical (unpaired) electrons. The van der Waals surface area contributed by atoms with Gasteiger partial charge in [0.2, 0.25) is 0 Å². The molecule has 2 rings (SSSR count). The Morgan fingerprint density at radius 2 is 2.00 bits per heavy atom. The van der Waals surface area contributed by atoms with Crippen molar-refractivity contribution >= 4 is 0 Å². The lowest BCUT2D eigenvalue weighted by Crippen LogP contribution is -2.17. The van der Waals surface area contributed by atoms with Gasteiger partial charge in [-0.2, -0.15) is 0 Å². The molecule has 1 aliphatic heterocycles. The van der Waals surface area contributed by atoms with E-state index in [-0.39, 0.29) is 0 Å². The average molecular weight is 190 g/mol. The summed E-state index contributed by atoms with van der Waals surface area (Å²) in [5.41, 5.74) is 1.43. The minimum absolute atomic E-state index is 0.679. The summed E-state index contributed by atoms with van der Waals surface area (Å²) in [6.45, 7) is 6.90. The van der Waals surface area contributed by atoms with E-state index in [9.17, 15) is 0 Å². The molecule has 2 nitrogen and oxygen atoms in total. The van der Waals surface area contributed by atoms with Gasteiger partial charge in [-0.25, -0.2) is 0 Å². The summed E-state index contributed by atoms with van der Waals surface area (Å²) in [5, 5.41) is 3.48. The Kier molecular flexibility index (Phi) is 2.82. The summed E-state index contributed by atoms with van der Waals surface area (Å²) in [6, 6.07) is 4.29. The van der Waals surface area contributed by atoms with Crippen LogP contribution in [0.5, 0.6) is 0 Å². The van der Waals surface area contributed by atoms with E-state index < -0.39 is 0 Å². The van der Waals surface area contributed by atoms with Crippen LogP contribution >= 0.6 is 0 Å². The first-order valence-electron chi connectivity index (χ1n) is 5.39. The molecule has 2 heteroatoms. The molecule has 1 fully saturated rings. The molecule has 1 aliphatic rings. The molecule has 2 unspecified atom stereocenters. The van der Waals surface area contributed by atoms with Crippen LogP contribution in [0.1, 0.15) is 25.3 Å². The number of aromatic nitrogens is 1. The lowest BCUT2D eigenvalue weighted by Gasteiger charge is -2.22. The van der Waals surface area contributed by atoms with Gasteiger partial charge >= 0.3 is 0 Å². The number of hydrogen-bond acceptors (Lipinski definition) is 2. The zero-order valence-corrected chi connectivity index (χ0v) is 8.90. The summed E-state index contributed by atoms with van der Waals surface area (Å²) >= 11 is 0. The summed E-state index contributed by atoms with van der Waals surface area (Å²) in [6.07, 6.45) is 3.79. The molecule has 0 spiro atoms. The molecule has 1 N–H and O–H groups in total. The van der Waals surface area contributed by atoms with Crippen molar-refractivity contribution in [2.75, 3.05) is 13.1 Å². The average Bonchev–Trinajstić information content (AvgIpc) is 2.67. The Balaban J connectivity index is 2.18. The molecule has 14 heavy (non-hydrogen) atoms. The molecule has 1 aromatic heterocycles. The molecular formula is C12H18N2. The van der Waals surface area contributed by atoms with Crippen LogP contribution in [0, 0.1) is 11.8 Å². The first-order valence-corrected chi connectivity index (χ1v) is 5.39. The van der Waals surface area contributed by atoms with Crippen LogP contribution in [0.2, 0.25) is 0 Å². The van der Waals surface area contributed by atoms with Gasteiger partial charge in [-0.1, -0.05) is 13.8 Å². The van der Waals surface area contributed by atoms with Crippen molar-refractivity contribution < 1.29 is 0 Å². The first kappa shape index (κ1) is 9.66. The second kappa shape index (κ2) is 4.09. The molecule has 2 heterocycles. The van der Waals surface area contributed by atoms with E-state index >= 15 is 0 Å². The third-order valence-electron chi connectivity index (χ3n) is 3.25. The number of pyridine rings is 1. The standard InChI is InChI=1S/C12H18N2/c1-9(2)11-7-14-8-12(11)10-3-5-13-6-4-10/h3-6,9,11-12,14H,7-8H2,1-2H3. The summed E-state index contributed by atoms with van der Waals surface area (Å²) in [7, 11) is 0. The van der Waals surface area contributed by atoms with E-state index in [0.29, 0.717) is 5.92 Å². The van der Waals surface area contributed by atoms with E-state index in [2.05, 4.69) is 36.3 Å². The maximum atomic E-state index is 4.07. The van der Waals surface area contributed by atoms with Crippen LogP contribution in [-0.2, 0) is 0 Å². The second-order valence-electron chi connectivity index (χ2n) is 4.45. The smallest absolute Gasteiger partial charge is 0.0270 e. The SMILES string of the molecule is CC(C)C1CNCC1c1ccncc1. The Hall–Kier alpha value is -0.890. The summed E-state index contributed by atoms with van der Waals surface area (Å²) in [4.78, 5) is 4.07. The van der Waals surface area contributed by atoms with Crippen molar-refractivity contribution in [3.8, 4) is 0 Å². The van der Waals surface area contributed by atoms with Crippen LogP contribution in [0.3, 0.4) is 0 Å². The van der Waals surface area contributed by atoms with Crippen molar-refractivity contribution in [3.63, 3.8) is 0 Å². The van der Waals surface area contributed by atoms with E-state index in [4.69, 9.17) is 0 Å². The number of nitrogens with zero attached hydrogens (tertiary/aromatic N) is 1. The van der Waals surface area contributed by atoms with E-state index in [1.165, 1.54) is 5.56 Å². The van der Waals surface area contributed by atoms with Gasteiger partial charge in [-0.3, -0.25) is 4.98 Å². The maximum Gasteiger partial charge on any atom is 0.0270 e. The van der Waals surface area contributed by atoms with Crippen LogP contribution in [0.4, 0.5) is 0 Å². The predicted octanol–water partition coefficient (Wildman–Crippen LogP) is 2.04. The predicted molar refractivity (Wildman–Crippen MR) is 58.2 cm³/mol. The van der Waals surface area contributed by atoms with E-state index in [1.807, 2.05) is 12.4 Å². The molecule has 1 saturated heterocycles. The van der Waals surface area contributed by atoms with Gasteiger partial charge in [0.05, 0.1) is 0 Å². The van der Waals surface area contributed by atoms with Crippen LogP contribution in [0.15, 0.2) is 24.5 Å². The molecule has 0 saturated carbocycles. The van der Waals surface area contributed by atoms with Crippen molar-refractivity contribution in [3.05, 3.63) is 30.1 Å². The summed E-state index contributed by atoms with van der Waals surface area (Å²) in [5.74, 6) is 2.21. The zero-order chi connectivity index (χ0) is 9.97. The lowest BCUT2D eigenvalue weighted by atomic mass is 9.82. The largest absolute Gasteiger partial charge is 0.316 e. The number of rotatable bonds is 2. The lowest BCUT2D eigenvalue weighted by molar-refractivity contribution is 0.381. The Morgan fingerprint density at radius 1 is 1.29 bits per heavy atom. The third kappa shape index (κ3) is 1.80. The van der Waals surface area contributed by atoms with Crippen LogP contribution in [0.25, 0.3) is 0 Å². The molecule has 0 bridgehead atoms. The van der Waals surface area contributed by atoms with Crippen LogP contribution in [-0.4, -0.2) is 18.1 Å². The zero-order valence-electron chi connectivity index (χ0n) is 8.90. The minimum atomic E-state index is 0.679. The molecule has 2 atom stereocenters. The van der Waals surface area contributed by atoms with Crippen molar-refractivity contribution in [1.82, 2.24) is 10.3 Å². The topological polar surface area (TPSA) is 24.9 Å². The van der Waals surface area contributed by atoms with E-state index in [1.54, 1.807) is 0 Å². The highest BCUT2D eigenvalue weighted by atomic mass is 14.9. The molecule has 76 valence electrons. The quantitative estimate of drug-likeness (QED) is 0.772. The van der Waals surface area contributed by atoms with Crippen molar-refractivity contribution in [2.45, 2.75) is 19.8 Å². The number of hydrogen-bond donors (Lipinski definition) is 1. The Morgan fingerprint density at radius 3 is 2.64 bits per heavy atom. The highest BCUT2D eigenvalue weighted by Crippen LogP contribution is 2.32. The van der Waals surface area contributed by atoms with E-state index in [0.717, 1.165) is 24.9 Å². The van der Waals surface area contributed by atoms with Gasteiger partial charge in [-0.05, 0) is 36.1 Å². The van der Waals surface area contributed by atoms with Gasteiger partial charge in [0.15, 0.2) is 0 Å². The van der Waals surface area contributed by atoms with Crippen molar-refractivity contribution in [1.29, 1.82) is 0 Å². The van der Waals surface area contributed by atoms with Crippen molar-refractivity contribution in [2.24, 2.45) is 11.8 Å². The maximum absolute atomic E-state index is 4.07. The van der Waals surface area contributed by atoms with Gasteiger partial charge in [-0.15, -0.1) is 0 Å². The highest BCUT2D eigenvalue weighted by molar-refractivity contribution is 5.19. The Labute approximate surface area is 85.7 Å². The van der Waals surface area contributed by atoms with Crippen LogP contribution < -0.4 is 5.32 Å². The van der Waals surface area contributed by atoms with Gasteiger partial charge in [0.1, 0.15) is 0 Å². The summed E-state index contributed by atoms with van der Waals surface area (Å²) < 4.78 is 0. The molecule has 0 amide bonds. The molecule has 1 aromatic rings. The monoisotopic (exact) mass is 190 g/mol. The van der Waals surface area contributed by atoms with Gasteiger partial charge in [0, 0.05) is 24.9 Å².